The van der Waals surface area contributed by atoms with Crippen molar-refractivity contribution >= 4 is 0 Å². The van der Waals surface area contributed by atoms with Gasteiger partial charge in [-0.05, 0) is 25.5 Å². The lowest BCUT2D eigenvalue weighted by atomic mass is 10.0. The Kier molecular flexibility index (Phi) is 4.32. The van der Waals surface area contributed by atoms with Crippen molar-refractivity contribution in [1.29, 1.82) is 0 Å². The molecule has 2 aromatic rings. The van der Waals surface area contributed by atoms with E-state index in [1.807, 2.05) is 25.2 Å². The number of benzene rings is 1. The number of hydrogen-bond donors (Lipinski definition) is 1. The Morgan fingerprint density at radius 1 is 1.26 bits per heavy atom. The molecular formula is C15H21N3O. The van der Waals surface area contributed by atoms with Crippen molar-refractivity contribution in [3.05, 3.63) is 35.7 Å². The topological polar surface area (TPSA) is 51.0 Å². The maximum absolute atomic E-state index is 5.36. The smallest absolute Gasteiger partial charge is 0.228 e. The van der Waals surface area contributed by atoms with Crippen molar-refractivity contribution in [3.63, 3.8) is 0 Å². The van der Waals surface area contributed by atoms with Crippen LogP contribution in [0.15, 0.2) is 28.8 Å². The van der Waals surface area contributed by atoms with E-state index in [4.69, 9.17) is 4.52 Å². The van der Waals surface area contributed by atoms with Gasteiger partial charge in [0.15, 0.2) is 0 Å². The average Bonchev–Trinajstić information content (AvgIpc) is 2.84. The number of nitrogens with zero attached hydrogens (tertiary/aromatic N) is 2. The summed E-state index contributed by atoms with van der Waals surface area (Å²) in [5.74, 6) is 1.89. The van der Waals surface area contributed by atoms with Crippen LogP contribution in [0, 0.1) is 12.8 Å². The lowest BCUT2D eigenvalue weighted by Crippen LogP contribution is -2.32. The maximum Gasteiger partial charge on any atom is 0.228 e. The van der Waals surface area contributed by atoms with Crippen LogP contribution in [0.25, 0.3) is 11.4 Å². The van der Waals surface area contributed by atoms with Gasteiger partial charge in [0.05, 0.1) is 0 Å². The number of rotatable bonds is 5. The minimum absolute atomic E-state index is 0.352. The van der Waals surface area contributed by atoms with Crippen LogP contribution in [-0.2, 0) is 6.42 Å². The van der Waals surface area contributed by atoms with Gasteiger partial charge in [0.1, 0.15) is 0 Å². The van der Waals surface area contributed by atoms with E-state index in [-0.39, 0.29) is 0 Å². The van der Waals surface area contributed by atoms with Crippen LogP contribution < -0.4 is 5.32 Å². The van der Waals surface area contributed by atoms with Gasteiger partial charge in [-0.25, -0.2) is 0 Å². The molecule has 0 saturated heterocycles. The van der Waals surface area contributed by atoms with E-state index in [9.17, 15) is 0 Å². The first-order chi connectivity index (χ1) is 9.11. The van der Waals surface area contributed by atoms with Gasteiger partial charge in [0, 0.05) is 18.0 Å². The highest BCUT2D eigenvalue weighted by Gasteiger charge is 2.17. The predicted octanol–water partition coefficient (Wildman–Crippen LogP) is 2.83. The van der Waals surface area contributed by atoms with Gasteiger partial charge in [-0.1, -0.05) is 43.3 Å². The van der Waals surface area contributed by atoms with Crippen molar-refractivity contribution in [1.82, 2.24) is 15.5 Å². The van der Waals surface area contributed by atoms with Crippen molar-refractivity contribution in [2.45, 2.75) is 33.2 Å². The Labute approximate surface area is 114 Å². The molecule has 1 atom stereocenters. The second kappa shape index (κ2) is 5.97. The first kappa shape index (κ1) is 13.7. The van der Waals surface area contributed by atoms with E-state index in [1.165, 1.54) is 0 Å². The van der Waals surface area contributed by atoms with Crippen LogP contribution in [0.5, 0.6) is 0 Å². The lowest BCUT2D eigenvalue weighted by molar-refractivity contribution is 0.335. The molecular weight excluding hydrogens is 238 g/mol. The Morgan fingerprint density at radius 2 is 2.00 bits per heavy atom. The summed E-state index contributed by atoms with van der Waals surface area (Å²) in [6.45, 7) is 6.41. The molecule has 19 heavy (non-hydrogen) atoms. The molecule has 0 radical (unpaired) electrons. The van der Waals surface area contributed by atoms with Crippen LogP contribution in [-0.4, -0.2) is 23.2 Å². The summed E-state index contributed by atoms with van der Waals surface area (Å²) in [7, 11) is 1.96. The van der Waals surface area contributed by atoms with Gasteiger partial charge in [-0.2, -0.15) is 4.98 Å². The van der Waals surface area contributed by atoms with Gasteiger partial charge >= 0.3 is 0 Å². The fourth-order valence-corrected chi connectivity index (χ4v) is 2.13. The second-order valence-electron chi connectivity index (χ2n) is 5.17. The third-order valence-corrected chi connectivity index (χ3v) is 3.42. The summed E-state index contributed by atoms with van der Waals surface area (Å²) in [6, 6.07) is 8.42. The summed E-state index contributed by atoms with van der Waals surface area (Å²) in [6.07, 6.45) is 0.757. The minimum Gasteiger partial charge on any atom is -0.339 e. The zero-order chi connectivity index (χ0) is 13.8. The Hall–Kier alpha value is -1.68. The molecule has 2 rings (SSSR count). The van der Waals surface area contributed by atoms with E-state index >= 15 is 0 Å². The molecule has 0 amide bonds. The van der Waals surface area contributed by atoms with Crippen LogP contribution in [0.1, 0.15) is 25.3 Å². The number of aryl methyl sites for hydroxylation is 1. The highest BCUT2D eigenvalue weighted by Crippen LogP contribution is 2.20. The first-order valence-electron chi connectivity index (χ1n) is 6.67. The van der Waals surface area contributed by atoms with Crippen LogP contribution in [0.3, 0.4) is 0 Å². The van der Waals surface area contributed by atoms with Crippen LogP contribution in [0.4, 0.5) is 0 Å². The van der Waals surface area contributed by atoms with E-state index in [2.05, 4.69) is 42.3 Å². The van der Waals surface area contributed by atoms with Gasteiger partial charge < -0.3 is 9.84 Å². The van der Waals surface area contributed by atoms with Crippen molar-refractivity contribution < 1.29 is 4.52 Å². The van der Waals surface area contributed by atoms with Crippen molar-refractivity contribution in [2.75, 3.05) is 7.05 Å². The zero-order valence-electron chi connectivity index (χ0n) is 12.0. The van der Waals surface area contributed by atoms with E-state index in [0.717, 1.165) is 17.5 Å². The zero-order valence-corrected chi connectivity index (χ0v) is 12.0. The quantitative estimate of drug-likeness (QED) is 0.897. The molecule has 0 fully saturated rings. The van der Waals surface area contributed by atoms with E-state index in [0.29, 0.717) is 23.7 Å². The summed E-state index contributed by atoms with van der Waals surface area (Å²) < 4.78 is 5.36. The molecule has 4 nitrogen and oxygen atoms in total. The fraction of sp³-hybridized carbons (Fsp3) is 0.467. The Balaban J connectivity index is 2.18. The van der Waals surface area contributed by atoms with Gasteiger partial charge in [0.2, 0.25) is 11.7 Å². The third-order valence-electron chi connectivity index (χ3n) is 3.42. The molecule has 1 heterocycles. The second-order valence-corrected chi connectivity index (χ2v) is 5.17. The molecule has 0 aliphatic rings. The predicted molar refractivity (Wildman–Crippen MR) is 75.9 cm³/mol. The third kappa shape index (κ3) is 3.20. The SMILES string of the molecule is CNC(Cc1nc(-c2ccccc2C)no1)C(C)C. The van der Waals surface area contributed by atoms with Gasteiger partial charge in [-0.15, -0.1) is 0 Å². The van der Waals surface area contributed by atoms with Crippen LogP contribution in [0.2, 0.25) is 0 Å². The van der Waals surface area contributed by atoms with Crippen molar-refractivity contribution in [3.8, 4) is 11.4 Å². The summed E-state index contributed by atoms with van der Waals surface area (Å²) in [5, 5.41) is 7.36. The molecule has 0 aliphatic carbocycles. The molecule has 0 aliphatic heterocycles. The number of aromatic nitrogens is 2. The highest BCUT2D eigenvalue weighted by atomic mass is 16.5. The lowest BCUT2D eigenvalue weighted by Gasteiger charge is -2.17. The average molecular weight is 259 g/mol. The largest absolute Gasteiger partial charge is 0.339 e. The van der Waals surface area contributed by atoms with Crippen molar-refractivity contribution in [2.24, 2.45) is 5.92 Å². The van der Waals surface area contributed by atoms with E-state index < -0.39 is 0 Å². The minimum atomic E-state index is 0.352. The molecule has 4 heteroatoms. The van der Waals surface area contributed by atoms with Gasteiger partial charge in [-0.3, -0.25) is 0 Å². The highest BCUT2D eigenvalue weighted by molar-refractivity contribution is 5.58. The summed E-state index contributed by atoms with van der Waals surface area (Å²) >= 11 is 0. The molecule has 0 bridgehead atoms. The van der Waals surface area contributed by atoms with E-state index in [1.54, 1.807) is 0 Å². The normalized spacial score (nSPS) is 12.9. The number of likely N-dealkylation sites (N-methyl/N-ethyl adjacent to an activating group) is 1. The number of hydrogen-bond acceptors (Lipinski definition) is 4. The maximum atomic E-state index is 5.36. The Bertz CT molecular complexity index is 534. The molecule has 1 N–H and O–H groups in total. The molecule has 102 valence electrons. The summed E-state index contributed by atoms with van der Waals surface area (Å²) in [4.78, 5) is 4.49. The van der Waals surface area contributed by atoms with Gasteiger partial charge in [0.25, 0.3) is 0 Å². The molecule has 0 saturated carbocycles. The molecule has 1 aromatic heterocycles. The monoisotopic (exact) mass is 259 g/mol. The summed E-state index contributed by atoms with van der Waals surface area (Å²) in [5.41, 5.74) is 2.19. The number of nitrogens with one attached hydrogen (secondary N) is 1. The fourth-order valence-electron chi connectivity index (χ4n) is 2.13. The molecule has 1 aromatic carbocycles. The Morgan fingerprint density at radius 3 is 2.63 bits per heavy atom. The molecule has 0 spiro atoms. The molecule has 1 unspecified atom stereocenters. The van der Waals surface area contributed by atoms with Crippen LogP contribution >= 0.6 is 0 Å². The first-order valence-corrected chi connectivity index (χ1v) is 6.67. The standard InChI is InChI=1S/C15H21N3O/c1-10(2)13(16-4)9-14-17-15(18-19-14)12-8-6-5-7-11(12)3/h5-8,10,13,16H,9H2,1-4H3.